The van der Waals surface area contributed by atoms with E-state index in [9.17, 15) is 13.2 Å². The highest BCUT2D eigenvalue weighted by atomic mass is 32.2. The fourth-order valence-electron chi connectivity index (χ4n) is 2.86. The topological polar surface area (TPSA) is 12.0 Å². The van der Waals surface area contributed by atoms with Crippen molar-refractivity contribution in [1.82, 2.24) is 0 Å². The van der Waals surface area contributed by atoms with Crippen LogP contribution in [-0.2, 0) is 0 Å². The van der Waals surface area contributed by atoms with Crippen LogP contribution in [0.2, 0.25) is 0 Å². The Kier molecular flexibility index (Phi) is 5.47. The molecule has 0 heterocycles. The zero-order valence-corrected chi connectivity index (χ0v) is 13.2. The molecule has 1 saturated carbocycles. The summed E-state index contributed by atoms with van der Waals surface area (Å²) in [5.74, 6) is 0.355. The maximum Gasteiger partial charge on any atom is 0.398 e. The Hall–Kier alpha value is -0.840. The molecule has 0 aromatic heterocycles. The van der Waals surface area contributed by atoms with Gasteiger partial charge in [0.2, 0.25) is 0 Å². The number of halogens is 3. The summed E-state index contributed by atoms with van der Waals surface area (Å²) >= 11 is 0.857. The van der Waals surface area contributed by atoms with Crippen molar-refractivity contribution in [3.8, 4) is 0 Å². The van der Waals surface area contributed by atoms with Gasteiger partial charge in [-0.25, -0.2) is 0 Å². The van der Waals surface area contributed by atoms with E-state index in [-0.39, 0.29) is 0 Å². The fraction of sp³-hybridized carbons (Fsp3) is 0.625. The van der Waals surface area contributed by atoms with Gasteiger partial charge in [-0.2, -0.15) is 13.2 Å². The molecule has 1 aromatic rings. The Morgan fingerprint density at radius 1 is 1.19 bits per heavy atom. The van der Waals surface area contributed by atoms with E-state index in [0.29, 0.717) is 22.8 Å². The van der Waals surface area contributed by atoms with Gasteiger partial charge in [0, 0.05) is 16.6 Å². The van der Waals surface area contributed by atoms with Crippen LogP contribution in [0.15, 0.2) is 29.2 Å². The third kappa shape index (κ3) is 4.83. The number of rotatable bonds is 4. The number of thioether (sulfide) groups is 1. The molecule has 1 aromatic carbocycles. The predicted octanol–water partition coefficient (Wildman–Crippen LogP) is 5.58. The molecule has 5 heteroatoms. The summed E-state index contributed by atoms with van der Waals surface area (Å²) in [6.45, 7) is 4.48. The third-order valence-corrected chi connectivity index (χ3v) is 5.46. The maximum atomic E-state index is 12.4. The van der Waals surface area contributed by atoms with Crippen LogP contribution in [0.1, 0.15) is 33.1 Å². The number of benzene rings is 1. The summed E-state index contributed by atoms with van der Waals surface area (Å²) in [5.41, 5.74) is 0.831. The van der Waals surface area contributed by atoms with Crippen molar-refractivity contribution in [2.75, 3.05) is 11.1 Å². The molecule has 118 valence electrons. The van der Waals surface area contributed by atoms with E-state index in [1.54, 1.807) is 12.1 Å². The number of nitrogens with one attached hydrogen (secondary N) is 1. The molecule has 3 unspecified atom stereocenters. The average molecular weight is 317 g/mol. The fourth-order valence-corrected chi connectivity index (χ4v) is 3.63. The molecule has 1 aliphatic carbocycles. The van der Waals surface area contributed by atoms with E-state index in [0.717, 1.165) is 23.9 Å². The molecular weight excluding hydrogens is 295 g/mol. The largest absolute Gasteiger partial charge is 0.398 e. The van der Waals surface area contributed by atoms with Crippen LogP contribution in [0, 0.1) is 11.8 Å². The monoisotopic (exact) mass is 317 g/mol. The van der Waals surface area contributed by atoms with Gasteiger partial charge in [-0.1, -0.05) is 38.8 Å². The standard InChI is InChI=1S/C16H22F3NS/c1-11-6-5-8-13(12(11)2)20-14-7-3-4-9-15(14)21-10-16(17,18)19/h3-4,7,9,11-13,20H,5-6,8,10H2,1-2H3. The minimum Gasteiger partial charge on any atom is -0.381 e. The molecule has 21 heavy (non-hydrogen) atoms. The van der Waals surface area contributed by atoms with E-state index >= 15 is 0 Å². The first kappa shape index (κ1) is 16.5. The van der Waals surface area contributed by atoms with Crippen molar-refractivity contribution in [3.05, 3.63) is 24.3 Å². The normalized spacial score (nSPS) is 26.6. The summed E-state index contributed by atoms with van der Waals surface area (Å²) in [6.07, 6.45) is -0.626. The van der Waals surface area contributed by atoms with Crippen LogP contribution >= 0.6 is 11.8 Å². The Morgan fingerprint density at radius 2 is 1.90 bits per heavy atom. The van der Waals surface area contributed by atoms with E-state index in [1.807, 2.05) is 12.1 Å². The number of alkyl halides is 3. The van der Waals surface area contributed by atoms with Crippen LogP contribution < -0.4 is 5.32 Å². The van der Waals surface area contributed by atoms with Crippen LogP contribution in [0.5, 0.6) is 0 Å². The van der Waals surface area contributed by atoms with Gasteiger partial charge >= 0.3 is 6.18 Å². The molecule has 2 rings (SSSR count). The van der Waals surface area contributed by atoms with Crippen LogP contribution in [0.25, 0.3) is 0 Å². The Bertz CT molecular complexity index is 461. The summed E-state index contributed by atoms with van der Waals surface area (Å²) in [5, 5.41) is 3.48. The summed E-state index contributed by atoms with van der Waals surface area (Å²) in [6, 6.07) is 7.65. The Labute approximate surface area is 128 Å². The lowest BCUT2D eigenvalue weighted by molar-refractivity contribution is -0.105. The zero-order chi connectivity index (χ0) is 15.5. The van der Waals surface area contributed by atoms with Crippen LogP contribution in [0.4, 0.5) is 18.9 Å². The smallest absolute Gasteiger partial charge is 0.381 e. The summed E-state index contributed by atoms with van der Waals surface area (Å²) in [7, 11) is 0. The quantitative estimate of drug-likeness (QED) is 0.728. The molecule has 0 amide bonds. The molecule has 3 atom stereocenters. The van der Waals surface area contributed by atoms with Gasteiger partial charge in [-0.15, -0.1) is 11.8 Å². The third-order valence-electron chi connectivity index (χ3n) is 4.33. The molecule has 0 radical (unpaired) electrons. The lowest BCUT2D eigenvalue weighted by atomic mass is 9.78. The maximum absolute atomic E-state index is 12.4. The second kappa shape index (κ2) is 6.95. The van der Waals surface area contributed by atoms with Crippen LogP contribution in [-0.4, -0.2) is 18.0 Å². The zero-order valence-electron chi connectivity index (χ0n) is 12.4. The number of hydrogen-bond acceptors (Lipinski definition) is 2. The Balaban J connectivity index is 2.05. The van der Waals surface area contributed by atoms with E-state index in [4.69, 9.17) is 0 Å². The van der Waals surface area contributed by atoms with Gasteiger partial charge in [0.05, 0.1) is 5.75 Å². The molecule has 1 nitrogen and oxygen atoms in total. The van der Waals surface area contributed by atoms with Gasteiger partial charge in [-0.05, 0) is 30.4 Å². The molecule has 0 saturated heterocycles. The molecule has 0 aliphatic heterocycles. The first-order valence-corrected chi connectivity index (χ1v) is 8.40. The van der Waals surface area contributed by atoms with Crippen molar-refractivity contribution < 1.29 is 13.2 Å². The molecule has 1 N–H and O–H groups in total. The molecule has 0 bridgehead atoms. The predicted molar refractivity (Wildman–Crippen MR) is 82.8 cm³/mol. The van der Waals surface area contributed by atoms with Gasteiger partial charge in [0.1, 0.15) is 0 Å². The highest BCUT2D eigenvalue weighted by Gasteiger charge is 2.29. The van der Waals surface area contributed by atoms with Gasteiger partial charge in [0.15, 0.2) is 0 Å². The minimum atomic E-state index is -4.13. The van der Waals surface area contributed by atoms with E-state index in [2.05, 4.69) is 19.2 Å². The van der Waals surface area contributed by atoms with Gasteiger partial charge in [-0.3, -0.25) is 0 Å². The average Bonchev–Trinajstić information content (AvgIpc) is 2.42. The molecular formula is C16H22F3NS. The SMILES string of the molecule is CC1CCCC(Nc2ccccc2SCC(F)(F)F)C1C. The molecule has 0 spiro atoms. The lowest BCUT2D eigenvalue weighted by Crippen LogP contribution is -2.35. The van der Waals surface area contributed by atoms with Crippen molar-refractivity contribution in [2.45, 2.75) is 50.2 Å². The second-order valence-electron chi connectivity index (χ2n) is 5.92. The Morgan fingerprint density at radius 3 is 2.62 bits per heavy atom. The molecule has 1 aliphatic rings. The highest BCUT2D eigenvalue weighted by Crippen LogP contribution is 2.36. The van der Waals surface area contributed by atoms with E-state index in [1.165, 1.54) is 12.8 Å². The van der Waals surface area contributed by atoms with Crippen LogP contribution in [0.3, 0.4) is 0 Å². The first-order chi connectivity index (χ1) is 9.87. The second-order valence-corrected chi connectivity index (χ2v) is 6.94. The molecule has 1 fully saturated rings. The highest BCUT2D eigenvalue weighted by molar-refractivity contribution is 7.99. The number of hydrogen-bond donors (Lipinski definition) is 1. The number of anilines is 1. The minimum absolute atomic E-state index is 0.349. The van der Waals surface area contributed by atoms with Crippen molar-refractivity contribution in [3.63, 3.8) is 0 Å². The first-order valence-electron chi connectivity index (χ1n) is 7.42. The van der Waals surface area contributed by atoms with Crippen molar-refractivity contribution in [1.29, 1.82) is 0 Å². The number of para-hydroxylation sites is 1. The van der Waals surface area contributed by atoms with E-state index < -0.39 is 11.9 Å². The van der Waals surface area contributed by atoms with Crippen molar-refractivity contribution >= 4 is 17.4 Å². The lowest BCUT2D eigenvalue weighted by Gasteiger charge is -2.35. The van der Waals surface area contributed by atoms with Crippen molar-refractivity contribution in [2.24, 2.45) is 11.8 Å². The summed E-state index contributed by atoms with van der Waals surface area (Å²) in [4.78, 5) is 0.681. The van der Waals surface area contributed by atoms with Gasteiger partial charge < -0.3 is 5.32 Å². The van der Waals surface area contributed by atoms with Gasteiger partial charge in [0.25, 0.3) is 0 Å². The summed E-state index contributed by atoms with van der Waals surface area (Å²) < 4.78 is 37.2.